The quantitative estimate of drug-likeness (QED) is 0.787. The molecule has 0 aliphatic rings. The number of nitrogens with one attached hydrogen (secondary N) is 1. The van der Waals surface area contributed by atoms with Gasteiger partial charge >= 0.3 is 0 Å². The molecule has 4 heteroatoms. The van der Waals surface area contributed by atoms with E-state index in [1.807, 2.05) is 24.4 Å². The predicted octanol–water partition coefficient (Wildman–Crippen LogP) is 2.95. The lowest BCUT2D eigenvalue weighted by atomic mass is 10.1. The summed E-state index contributed by atoms with van der Waals surface area (Å²) in [5.74, 6) is 1.01. The van der Waals surface area contributed by atoms with Gasteiger partial charge in [0.2, 0.25) is 0 Å². The third kappa shape index (κ3) is 5.16. The highest BCUT2D eigenvalue weighted by atomic mass is 32.2. The molecule has 0 fully saturated rings. The molecule has 112 valence electrons. The highest BCUT2D eigenvalue weighted by molar-refractivity contribution is 7.98. The number of pyridine rings is 1. The molecule has 1 aromatic carbocycles. The highest BCUT2D eigenvalue weighted by Crippen LogP contribution is 2.17. The minimum atomic E-state index is 0.228. The first kappa shape index (κ1) is 16.0. The van der Waals surface area contributed by atoms with E-state index in [4.69, 9.17) is 5.11 Å². The van der Waals surface area contributed by atoms with E-state index < -0.39 is 0 Å². The van der Waals surface area contributed by atoms with Crippen LogP contribution in [0.4, 0.5) is 0 Å². The maximum absolute atomic E-state index is 9.10. The van der Waals surface area contributed by atoms with Gasteiger partial charge in [-0.2, -0.15) is 11.8 Å². The maximum atomic E-state index is 9.10. The molecule has 1 aromatic heterocycles. The van der Waals surface area contributed by atoms with Gasteiger partial charge in [0.1, 0.15) is 0 Å². The summed E-state index contributed by atoms with van der Waals surface area (Å²) in [4.78, 5) is 4.39. The van der Waals surface area contributed by atoms with Gasteiger partial charge in [0.15, 0.2) is 0 Å². The van der Waals surface area contributed by atoms with E-state index in [0.717, 1.165) is 30.0 Å². The van der Waals surface area contributed by atoms with Crippen LogP contribution in [0.1, 0.15) is 12.0 Å². The Balaban J connectivity index is 2.01. The zero-order chi connectivity index (χ0) is 14.9. The van der Waals surface area contributed by atoms with Gasteiger partial charge in [0, 0.05) is 36.7 Å². The van der Waals surface area contributed by atoms with E-state index in [9.17, 15) is 0 Å². The maximum Gasteiger partial charge on any atom is 0.0702 e. The van der Waals surface area contributed by atoms with Crippen molar-refractivity contribution in [2.75, 3.05) is 18.6 Å². The predicted molar refractivity (Wildman–Crippen MR) is 90.4 cm³/mol. The average molecular weight is 302 g/mol. The van der Waals surface area contributed by atoms with Crippen LogP contribution in [-0.4, -0.2) is 34.7 Å². The van der Waals surface area contributed by atoms with E-state index in [2.05, 4.69) is 40.8 Å². The van der Waals surface area contributed by atoms with Crippen LogP contribution in [0.5, 0.6) is 0 Å². The third-order valence-corrected chi connectivity index (χ3v) is 4.06. The van der Waals surface area contributed by atoms with Gasteiger partial charge in [-0.05, 0) is 36.4 Å². The zero-order valence-corrected chi connectivity index (χ0v) is 13.1. The summed E-state index contributed by atoms with van der Waals surface area (Å²) in [6.45, 7) is 1.04. The summed E-state index contributed by atoms with van der Waals surface area (Å²) in [7, 11) is 0. The number of thioether (sulfide) groups is 1. The van der Waals surface area contributed by atoms with Crippen molar-refractivity contribution in [1.82, 2.24) is 10.3 Å². The number of aromatic nitrogens is 1. The van der Waals surface area contributed by atoms with Crippen molar-refractivity contribution in [3.63, 3.8) is 0 Å². The standard InChI is InChI=1S/C17H22N2OS/c1-21-13-16(8-10-20)19-12-14-5-4-6-15(11-14)17-7-2-3-9-18-17/h2-7,9,11,16,19-20H,8,10,12-13H2,1H3. The number of hydrogen-bond donors (Lipinski definition) is 2. The summed E-state index contributed by atoms with van der Waals surface area (Å²) in [5, 5.41) is 12.6. The zero-order valence-electron chi connectivity index (χ0n) is 12.3. The molecule has 0 bridgehead atoms. The second-order valence-electron chi connectivity index (χ2n) is 4.96. The Kier molecular flexibility index (Phi) is 6.73. The van der Waals surface area contributed by atoms with Crippen molar-refractivity contribution in [1.29, 1.82) is 0 Å². The van der Waals surface area contributed by atoms with Crippen molar-refractivity contribution in [3.05, 3.63) is 54.2 Å². The molecular formula is C17H22N2OS. The van der Waals surface area contributed by atoms with Crippen molar-refractivity contribution >= 4 is 11.8 Å². The van der Waals surface area contributed by atoms with Crippen LogP contribution >= 0.6 is 11.8 Å². The van der Waals surface area contributed by atoms with E-state index in [1.54, 1.807) is 11.8 Å². The molecule has 0 aliphatic carbocycles. The van der Waals surface area contributed by atoms with Crippen molar-refractivity contribution < 1.29 is 5.11 Å². The number of hydrogen-bond acceptors (Lipinski definition) is 4. The molecule has 0 aliphatic heterocycles. The van der Waals surface area contributed by atoms with E-state index in [1.165, 1.54) is 5.56 Å². The lowest BCUT2D eigenvalue weighted by Crippen LogP contribution is -2.31. The summed E-state index contributed by atoms with van der Waals surface area (Å²) < 4.78 is 0. The van der Waals surface area contributed by atoms with Gasteiger partial charge in [-0.1, -0.05) is 24.3 Å². The fourth-order valence-electron chi connectivity index (χ4n) is 2.24. The van der Waals surface area contributed by atoms with E-state index in [-0.39, 0.29) is 6.61 Å². The molecule has 0 radical (unpaired) electrons. The normalized spacial score (nSPS) is 12.3. The average Bonchev–Trinajstić information content (AvgIpc) is 2.54. The largest absolute Gasteiger partial charge is 0.396 e. The number of aliphatic hydroxyl groups excluding tert-OH is 1. The third-order valence-electron chi connectivity index (χ3n) is 3.33. The first-order chi connectivity index (χ1) is 10.3. The molecule has 0 amide bonds. The molecule has 1 unspecified atom stereocenters. The highest BCUT2D eigenvalue weighted by Gasteiger charge is 2.07. The minimum Gasteiger partial charge on any atom is -0.396 e. The van der Waals surface area contributed by atoms with Crippen LogP contribution in [-0.2, 0) is 6.54 Å². The fraction of sp³-hybridized carbons (Fsp3) is 0.353. The van der Waals surface area contributed by atoms with E-state index >= 15 is 0 Å². The van der Waals surface area contributed by atoms with Crippen molar-refractivity contribution in [3.8, 4) is 11.3 Å². The molecule has 2 N–H and O–H groups in total. The lowest BCUT2D eigenvalue weighted by molar-refractivity contribution is 0.270. The molecule has 2 rings (SSSR count). The summed E-state index contributed by atoms with van der Waals surface area (Å²) in [5.41, 5.74) is 3.37. The number of nitrogens with zero attached hydrogens (tertiary/aromatic N) is 1. The Morgan fingerprint density at radius 1 is 1.24 bits per heavy atom. The SMILES string of the molecule is CSCC(CCO)NCc1cccc(-c2ccccn2)c1. The van der Waals surface area contributed by atoms with Crippen LogP contribution in [0.3, 0.4) is 0 Å². The molecule has 2 aromatic rings. The Morgan fingerprint density at radius 3 is 2.86 bits per heavy atom. The van der Waals surface area contributed by atoms with Crippen LogP contribution < -0.4 is 5.32 Å². The van der Waals surface area contributed by atoms with Crippen LogP contribution in [0.15, 0.2) is 48.7 Å². The van der Waals surface area contributed by atoms with Crippen molar-refractivity contribution in [2.24, 2.45) is 0 Å². The number of aliphatic hydroxyl groups is 1. The van der Waals surface area contributed by atoms with Gasteiger partial charge in [-0.15, -0.1) is 0 Å². The van der Waals surface area contributed by atoms with Crippen LogP contribution in [0, 0.1) is 0 Å². The molecule has 1 atom stereocenters. The van der Waals surface area contributed by atoms with Crippen LogP contribution in [0.2, 0.25) is 0 Å². The summed E-state index contributed by atoms with van der Waals surface area (Å²) in [6, 6.07) is 14.7. The second-order valence-corrected chi connectivity index (χ2v) is 5.87. The van der Waals surface area contributed by atoms with Gasteiger partial charge in [0.25, 0.3) is 0 Å². The second kappa shape index (κ2) is 8.82. The lowest BCUT2D eigenvalue weighted by Gasteiger charge is -2.17. The summed E-state index contributed by atoms with van der Waals surface area (Å²) in [6.07, 6.45) is 4.70. The molecule has 0 spiro atoms. The Morgan fingerprint density at radius 2 is 2.14 bits per heavy atom. The van der Waals surface area contributed by atoms with Crippen molar-refractivity contribution in [2.45, 2.75) is 19.0 Å². The summed E-state index contributed by atoms with van der Waals surface area (Å²) >= 11 is 1.80. The molecule has 0 saturated carbocycles. The molecule has 21 heavy (non-hydrogen) atoms. The molecule has 1 heterocycles. The fourth-order valence-corrected chi connectivity index (χ4v) is 2.92. The molecule has 3 nitrogen and oxygen atoms in total. The van der Waals surface area contributed by atoms with Gasteiger partial charge in [-0.3, -0.25) is 4.98 Å². The molecular weight excluding hydrogens is 280 g/mol. The minimum absolute atomic E-state index is 0.228. The van der Waals surface area contributed by atoms with Crippen LogP contribution in [0.25, 0.3) is 11.3 Å². The Labute approximate surface area is 130 Å². The first-order valence-corrected chi connectivity index (χ1v) is 8.56. The monoisotopic (exact) mass is 302 g/mol. The Hall–Kier alpha value is -1.36. The topological polar surface area (TPSA) is 45.1 Å². The number of benzene rings is 1. The van der Waals surface area contributed by atoms with Gasteiger partial charge in [-0.25, -0.2) is 0 Å². The first-order valence-electron chi connectivity index (χ1n) is 7.17. The van der Waals surface area contributed by atoms with Gasteiger partial charge in [0.05, 0.1) is 5.69 Å². The van der Waals surface area contributed by atoms with Gasteiger partial charge < -0.3 is 10.4 Å². The smallest absolute Gasteiger partial charge is 0.0702 e. The van der Waals surface area contributed by atoms with E-state index in [0.29, 0.717) is 6.04 Å². The Bertz CT molecular complexity index is 527. The number of rotatable bonds is 8. The molecule has 0 saturated heterocycles.